The summed E-state index contributed by atoms with van der Waals surface area (Å²) < 4.78 is 10.4. The van der Waals surface area contributed by atoms with Gasteiger partial charge in [0.2, 0.25) is 0 Å². The molecule has 0 saturated heterocycles. The highest BCUT2D eigenvalue weighted by atomic mass is 16.5. The summed E-state index contributed by atoms with van der Waals surface area (Å²) in [6.07, 6.45) is 3.86. The van der Waals surface area contributed by atoms with Crippen LogP contribution in [0.2, 0.25) is 0 Å². The zero-order chi connectivity index (χ0) is 20.9. The number of carbonyl (C=O) groups excluding carboxylic acids is 2. The molecule has 5 nitrogen and oxygen atoms in total. The van der Waals surface area contributed by atoms with Gasteiger partial charge in [0.25, 0.3) is 5.91 Å². The Labute approximate surface area is 175 Å². The molecule has 1 amide bonds. The molecule has 0 fully saturated rings. The Hall–Kier alpha value is -3.60. The molecule has 3 aromatic rings. The van der Waals surface area contributed by atoms with E-state index in [1.165, 1.54) is 11.6 Å². The van der Waals surface area contributed by atoms with Crippen molar-refractivity contribution in [1.82, 2.24) is 4.90 Å². The zero-order valence-electron chi connectivity index (χ0n) is 16.8. The number of methoxy groups -OCH3 is 1. The van der Waals surface area contributed by atoms with Crippen LogP contribution in [-0.4, -0.2) is 37.0 Å². The van der Waals surface area contributed by atoms with Crippen LogP contribution in [0.25, 0.3) is 16.8 Å². The number of ether oxygens (including phenoxy) is 2. The highest BCUT2D eigenvalue weighted by molar-refractivity contribution is 5.91. The Kier molecular flexibility index (Phi) is 5.80. The second-order valence-corrected chi connectivity index (χ2v) is 7.25. The number of hydrogen-bond acceptors (Lipinski definition) is 4. The lowest BCUT2D eigenvalue weighted by atomic mass is 10.00. The molecule has 1 heterocycles. The fraction of sp³-hybridized carbons (Fsp3) is 0.200. The number of benzene rings is 3. The van der Waals surface area contributed by atoms with E-state index in [1.54, 1.807) is 18.1 Å². The van der Waals surface area contributed by atoms with E-state index in [0.717, 1.165) is 34.1 Å². The van der Waals surface area contributed by atoms with E-state index in [-0.39, 0.29) is 12.5 Å². The lowest BCUT2D eigenvalue weighted by Gasteiger charge is -2.28. The molecule has 5 heteroatoms. The van der Waals surface area contributed by atoms with E-state index in [2.05, 4.69) is 6.07 Å². The molecule has 0 aliphatic carbocycles. The number of hydrogen-bond donors (Lipinski definition) is 0. The van der Waals surface area contributed by atoms with Crippen molar-refractivity contribution in [2.45, 2.75) is 13.0 Å². The van der Waals surface area contributed by atoms with Crippen molar-refractivity contribution in [2.75, 3.05) is 20.3 Å². The molecule has 1 aliphatic heterocycles. The van der Waals surface area contributed by atoms with Gasteiger partial charge in [-0.25, -0.2) is 4.79 Å². The summed E-state index contributed by atoms with van der Waals surface area (Å²) >= 11 is 0. The molecule has 0 bridgehead atoms. The van der Waals surface area contributed by atoms with Gasteiger partial charge in [0.05, 0.1) is 7.11 Å². The molecule has 0 N–H and O–H groups in total. The maximum atomic E-state index is 12.4. The van der Waals surface area contributed by atoms with Crippen molar-refractivity contribution in [3.8, 4) is 5.75 Å². The molecule has 0 unspecified atom stereocenters. The topological polar surface area (TPSA) is 55.8 Å². The lowest BCUT2D eigenvalue weighted by molar-refractivity contribution is -0.148. The normalized spacial score (nSPS) is 13.3. The highest BCUT2D eigenvalue weighted by Gasteiger charge is 2.20. The monoisotopic (exact) mass is 401 g/mol. The number of amides is 1. The molecule has 4 rings (SSSR count). The molecular formula is C25H23NO4. The van der Waals surface area contributed by atoms with E-state index in [4.69, 9.17) is 9.47 Å². The number of fused-ring (bicyclic) bond motifs is 2. The van der Waals surface area contributed by atoms with Gasteiger partial charge in [-0.05, 0) is 58.2 Å². The van der Waals surface area contributed by atoms with Gasteiger partial charge < -0.3 is 14.4 Å². The average molecular weight is 401 g/mol. The minimum Gasteiger partial charge on any atom is -0.497 e. The van der Waals surface area contributed by atoms with E-state index in [0.29, 0.717) is 13.1 Å². The number of nitrogens with zero attached hydrogens (tertiary/aromatic N) is 1. The molecule has 0 saturated carbocycles. The summed E-state index contributed by atoms with van der Waals surface area (Å²) in [5.74, 6) is 0.0951. The SMILES string of the molecule is COc1ccc2cc(/C=C/C(=O)OCC(=O)N3CCc4ccccc4C3)ccc2c1. The molecular weight excluding hydrogens is 378 g/mol. The Bertz CT molecular complexity index is 1120. The third-order valence-electron chi connectivity index (χ3n) is 5.30. The Morgan fingerprint density at radius 3 is 2.60 bits per heavy atom. The smallest absolute Gasteiger partial charge is 0.331 e. The fourth-order valence-corrected chi connectivity index (χ4v) is 3.62. The van der Waals surface area contributed by atoms with Crippen LogP contribution in [-0.2, 0) is 27.3 Å². The van der Waals surface area contributed by atoms with Crippen LogP contribution >= 0.6 is 0 Å². The van der Waals surface area contributed by atoms with Crippen molar-refractivity contribution in [2.24, 2.45) is 0 Å². The summed E-state index contributed by atoms with van der Waals surface area (Å²) in [5.41, 5.74) is 3.30. The van der Waals surface area contributed by atoms with Gasteiger partial charge in [0, 0.05) is 19.2 Å². The van der Waals surface area contributed by atoms with Gasteiger partial charge in [-0.2, -0.15) is 0 Å². The maximum absolute atomic E-state index is 12.4. The first-order chi connectivity index (χ1) is 14.6. The van der Waals surface area contributed by atoms with Crippen LogP contribution in [0.3, 0.4) is 0 Å². The van der Waals surface area contributed by atoms with Gasteiger partial charge in [-0.15, -0.1) is 0 Å². The second kappa shape index (κ2) is 8.82. The van der Waals surface area contributed by atoms with Crippen molar-refractivity contribution in [3.05, 3.63) is 83.4 Å². The van der Waals surface area contributed by atoms with E-state index < -0.39 is 5.97 Å². The first-order valence-corrected chi connectivity index (χ1v) is 9.89. The number of rotatable bonds is 5. The van der Waals surface area contributed by atoms with Crippen molar-refractivity contribution >= 4 is 28.7 Å². The summed E-state index contributed by atoms with van der Waals surface area (Å²) in [5, 5.41) is 2.11. The van der Waals surface area contributed by atoms with Crippen LogP contribution in [0, 0.1) is 0 Å². The third-order valence-corrected chi connectivity index (χ3v) is 5.30. The molecule has 0 radical (unpaired) electrons. The summed E-state index contributed by atoms with van der Waals surface area (Å²) in [7, 11) is 1.64. The lowest BCUT2D eigenvalue weighted by Crippen LogP contribution is -2.38. The van der Waals surface area contributed by atoms with Crippen molar-refractivity contribution < 1.29 is 19.1 Å². The predicted molar refractivity (Wildman–Crippen MR) is 116 cm³/mol. The van der Waals surface area contributed by atoms with Crippen LogP contribution in [0.5, 0.6) is 5.75 Å². The average Bonchev–Trinajstić information content (AvgIpc) is 2.80. The van der Waals surface area contributed by atoms with Crippen LogP contribution in [0.15, 0.2) is 66.7 Å². The predicted octanol–water partition coefficient (Wildman–Crippen LogP) is 3.99. The maximum Gasteiger partial charge on any atom is 0.331 e. The second-order valence-electron chi connectivity index (χ2n) is 7.25. The summed E-state index contributed by atoms with van der Waals surface area (Å²) in [4.78, 5) is 26.2. The van der Waals surface area contributed by atoms with Crippen molar-refractivity contribution in [3.63, 3.8) is 0 Å². The fourth-order valence-electron chi connectivity index (χ4n) is 3.62. The van der Waals surface area contributed by atoms with Gasteiger partial charge in [-0.3, -0.25) is 4.79 Å². The van der Waals surface area contributed by atoms with Gasteiger partial charge in [-0.1, -0.05) is 42.5 Å². The number of esters is 1. The first kappa shape index (κ1) is 19.7. The van der Waals surface area contributed by atoms with E-state index >= 15 is 0 Å². The Balaban J connectivity index is 1.32. The minimum absolute atomic E-state index is 0.175. The quantitative estimate of drug-likeness (QED) is 0.479. The Morgan fingerprint density at radius 1 is 1.00 bits per heavy atom. The van der Waals surface area contributed by atoms with Gasteiger partial charge in [0.1, 0.15) is 5.75 Å². The minimum atomic E-state index is -0.532. The van der Waals surface area contributed by atoms with Crippen LogP contribution < -0.4 is 4.74 Å². The standard InChI is InChI=1S/C25H23NO4/c1-29-23-10-9-20-14-18(6-8-21(20)15-23)7-11-25(28)30-17-24(27)26-13-12-19-4-2-3-5-22(19)16-26/h2-11,14-15H,12-13,16-17H2,1H3/b11-7+. The largest absolute Gasteiger partial charge is 0.497 e. The Morgan fingerprint density at radius 2 is 1.77 bits per heavy atom. The van der Waals surface area contributed by atoms with Gasteiger partial charge in [0.15, 0.2) is 6.61 Å². The summed E-state index contributed by atoms with van der Waals surface area (Å²) in [6.45, 7) is 0.957. The third kappa shape index (κ3) is 4.51. The first-order valence-electron chi connectivity index (χ1n) is 9.89. The molecule has 0 aromatic heterocycles. The summed E-state index contributed by atoms with van der Waals surface area (Å²) in [6, 6.07) is 19.8. The van der Waals surface area contributed by atoms with Crippen LogP contribution in [0.1, 0.15) is 16.7 Å². The molecule has 1 aliphatic rings. The molecule has 0 spiro atoms. The highest BCUT2D eigenvalue weighted by Crippen LogP contribution is 2.22. The molecule has 3 aromatic carbocycles. The van der Waals surface area contributed by atoms with Gasteiger partial charge >= 0.3 is 5.97 Å². The zero-order valence-corrected chi connectivity index (χ0v) is 16.8. The number of carbonyl (C=O) groups is 2. The molecule has 152 valence electrons. The molecule has 30 heavy (non-hydrogen) atoms. The van der Waals surface area contributed by atoms with E-state index in [1.807, 2.05) is 54.6 Å². The van der Waals surface area contributed by atoms with Crippen LogP contribution in [0.4, 0.5) is 0 Å². The van der Waals surface area contributed by atoms with Crippen molar-refractivity contribution in [1.29, 1.82) is 0 Å². The van der Waals surface area contributed by atoms with E-state index in [9.17, 15) is 9.59 Å². The molecule has 0 atom stereocenters.